The quantitative estimate of drug-likeness (QED) is 0.728. The molecule has 3 rings (SSSR count). The highest BCUT2D eigenvalue weighted by Gasteiger charge is 2.11. The molecule has 0 aliphatic carbocycles. The van der Waals surface area contributed by atoms with Crippen LogP contribution in [-0.4, -0.2) is 9.97 Å². The summed E-state index contributed by atoms with van der Waals surface area (Å²) in [6.45, 7) is 2.01. The minimum atomic E-state index is -0.259. The van der Waals surface area contributed by atoms with E-state index in [-0.39, 0.29) is 11.8 Å². The zero-order valence-corrected chi connectivity index (χ0v) is 11.7. The maximum absolute atomic E-state index is 13.2. The van der Waals surface area contributed by atoms with Crippen molar-refractivity contribution in [3.63, 3.8) is 0 Å². The van der Waals surface area contributed by atoms with Gasteiger partial charge in [0.1, 0.15) is 15.7 Å². The number of aryl methyl sites for hydroxylation is 1. The van der Waals surface area contributed by atoms with Gasteiger partial charge in [-0.25, -0.2) is 14.4 Å². The van der Waals surface area contributed by atoms with E-state index >= 15 is 0 Å². The molecule has 0 radical (unpaired) electrons. The molecule has 96 valence electrons. The molecule has 0 atom stereocenters. The topological polar surface area (TPSA) is 51.8 Å². The molecule has 3 aromatic rings. The van der Waals surface area contributed by atoms with Gasteiger partial charge in [-0.2, -0.15) is 0 Å². The van der Waals surface area contributed by atoms with Crippen molar-refractivity contribution in [3.8, 4) is 0 Å². The first-order chi connectivity index (χ1) is 9.11. The first-order valence-corrected chi connectivity index (χ1v) is 7.22. The van der Waals surface area contributed by atoms with Gasteiger partial charge < -0.3 is 5.73 Å². The average molecular weight is 291 g/mol. The SMILES string of the molecule is Cc1cc2c(Sc3cccc(F)c3)nc(N)nc2s1. The molecule has 2 heterocycles. The van der Waals surface area contributed by atoms with Crippen molar-refractivity contribution in [1.29, 1.82) is 0 Å². The van der Waals surface area contributed by atoms with Crippen LogP contribution in [0.15, 0.2) is 40.3 Å². The largest absolute Gasteiger partial charge is 0.368 e. The summed E-state index contributed by atoms with van der Waals surface area (Å²) in [7, 11) is 0. The van der Waals surface area contributed by atoms with Gasteiger partial charge in [-0.15, -0.1) is 11.3 Å². The summed E-state index contributed by atoms with van der Waals surface area (Å²) >= 11 is 2.97. The third-order valence-electron chi connectivity index (χ3n) is 2.51. The number of rotatable bonds is 2. The van der Waals surface area contributed by atoms with Crippen LogP contribution >= 0.6 is 23.1 Å². The van der Waals surface area contributed by atoms with Crippen molar-refractivity contribution < 1.29 is 4.39 Å². The number of thiophene rings is 1. The molecule has 2 aromatic heterocycles. The molecular formula is C13H10FN3S2. The van der Waals surface area contributed by atoms with Gasteiger partial charge in [0.15, 0.2) is 0 Å². The van der Waals surface area contributed by atoms with Gasteiger partial charge in [0.25, 0.3) is 0 Å². The molecule has 0 bridgehead atoms. The molecule has 1 aromatic carbocycles. The van der Waals surface area contributed by atoms with E-state index in [0.717, 1.165) is 25.0 Å². The van der Waals surface area contributed by atoms with Crippen molar-refractivity contribution in [2.45, 2.75) is 16.8 Å². The van der Waals surface area contributed by atoms with Crippen molar-refractivity contribution >= 4 is 39.3 Å². The van der Waals surface area contributed by atoms with Crippen LogP contribution in [0.2, 0.25) is 0 Å². The Bertz CT molecular complexity index is 755. The lowest BCUT2D eigenvalue weighted by Crippen LogP contribution is -1.95. The van der Waals surface area contributed by atoms with Gasteiger partial charge in [0.2, 0.25) is 5.95 Å². The number of nitrogen functional groups attached to an aromatic ring is 1. The minimum Gasteiger partial charge on any atom is -0.368 e. The summed E-state index contributed by atoms with van der Waals surface area (Å²) in [6.07, 6.45) is 0. The molecule has 0 saturated heterocycles. The van der Waals surface area contributed by atoms with Crippen molar-refractivity contribution in [2.75, 3.05) is 5.73 Å². The Morgan fingerprint density at radius 1 is 1.26 bits per heavy atom. The van der Waals surface area contributed by atoms with E-state index < -0.39 is 0 Å². The van der Waals surface area contributed by atoms with Crippen molar-refractivity contribution in [3.05, 3.63) is 41.0 Å². The molecule has 3 nitrogen and oxygen atoms in total. The number of hydrogen-bond acceptors (Lipinski definition) is 5. The third kappa shape index (κ3) is 2.54. The van der Waals surface area contributed by atoms with E-state index in [4.69, 9.17) is 5.73 Å². The predicted octanol–water partition coefficient (Wildman–Crippen LogP) is 3.87. The molecule has 0 aliphatic rings. The van der Waals surface area contributed by atoms with Crippen LogP contribution in [0.25, 0.3) is 10.2 Å². The summed E-state index contributed by atoms with van der Waals surface area (Å²) in [4.78, 5) is 11.3. The number of nitrogens with two attached hydrogens (primary N) is 1. The highest BCUT2D eigenvalue weighted by atomic mass is 32.2. The van der Waals surface area contributed by atoms with Crippen LogP contribution in [-0.2, 0) is 0 Å². The van der Waals surface area contributed by atoms with Crippen LogP contribution in [0, 0.1) is 12.7 Å². The van der Waals surface area contributed by atoms with E-state index in [1.807, 2.05) is 19.1 Å². The van der Waals surface area contributed by atoms with E-state index in [1.54, 1.807) is 17.4 Å². The zero-order chi connectivity index (χ0) is 13.4. The van der Waals surface area contributed by atoms with Crippen LogP contribution in [0.5, 0.6) is 0 Å². The molecule has 0 amide bonds. The Hall–Kier alpha value is -1.66. The van der Waals surface area contributed by atoms with Crippen molar-refractivity contribution in [2.24, 2.45) is 0 Å². The Morgan fingerprint density at radius 2 is 2.11 bits per heavy atom. The molecule has 0 fully saturated rings. The van der Waals surface area contributed by atoms with Gasteiger partial charge in [-0.3, -0.25) is 0 Å². The lowest BCUT2D eigenvalue weighted by molar-refractivity contribution is 0.624. The van der Waals surface area contributed by atoms with Crippen LogP contribution < -0.4 is 5.73 Å². The van der Waals surface area contributed by atoms with Crippen LogP contribution in [0.1, 0.15) is 4.88 Å². The second-order valence-corrected chi connectivity index (χ2v) is 6.32. The van der Waals surface area contributed by atoms with E-state index in [9.17, 15) is 4.39 Å². The summed E-state index contributed by atoms with van der Waals surface area (Å²) in [5.74, 6) is -0.0157. The fourth-order valence-electron chi connectivity index (χ4n) is 1.75. The second-order valence-electron chi connectivity index (χ2n) is 4.02. The average Bonchev–Trinajstić information content (AvgIpc) is 2.69. The lowest BCUT2D eigenvalue weighted by Gasteiger charge is -2.03. The molecule has 0 unspecified atom stereocenters. The first-order valence-electron chi connectivity index (χ1n) is 5.59. The number of benzene rings is 1. The normalized spacial score (nSPS) is 11.1. The predicted molar refractivity (Wildman–Crippen MR) is 77.1 cm³/mol. The smallest absolute Gasteiger partial charge is 0.222 e. The first kappa shape index (κ1) is 12.4. The number of aromatic nitrogens is 2. The van der Waals surface area contributed by atoms with Crippen molar-refractivity contribution in [1.82, 2.24) is 9.97 Å². The standard InChI is InChI=1S/C13H10FN3S2/c1-7-5-10-11(18-7)16-13(15)17-12(10)19-9-4-2-3-8(14)6-9/h2-6H,1H3,(H2,15,16,17). The highest BCUT2D eigenvalue weighted by Crippen LogP contribution is 2.35. The Kier molecular flexibility index (Phi) is 3.12. The van der Waals surface area contributed by atoms with E-state index in [0.29, 0.717) is 0 Å². The van der Waals surface area contributed by atoms with E-state index in [1.165, 1.54) is 23.9 Å². The van der Waals surface area contributed by atoms with Gasteiger partial charge in [-0.1, -0.05) is 17.8 Å². The monoisotopic (exact) mass is 291 g/mol. The minimum absolute atomic E-state index is 0.244. The molecule has 19 heavy (non-hydrogen) atoms. The molecule has 6 heteroatoms. The zero-order valence-electron chi connectivity index (χ0n) is 10.1. The fraction of sp³-hybridized carbons (Fsp3) is 0.0769. The fourth-order valence-corrected chi connectivity index (χ4v) is 3.65. The molecule has 0 aliphatic heterocycles. The molecule has 2 N–H and O–H groups in total. The summed E-state index contributed by atoms with van der Waals surface area (Å²) in [5.41, 5.74) is 5.71. The number of anilines is 1. The van der Waals surface area contributed by atoms with E-state index in [2.05, 4.69) is 9.97 Å². The summed E-state index contributed by atoms with van der Waals surface area (Å²) in [5, 5.41) is 1.73. The number of halogens is 1. The molecule has 0 saturated carbocycles. The number of hydrogen-bond donors (Lipinski definition) is 1. The molecular weight excluding hydrogens is 281 g/mol. The summed E-state index contributed by atoms with van der Waals surface area (Å²) in [6, 6.07) is 8.45. The van der Waals surface area contributed by atoms with Gasteiger partial charge in [0.05, 0.1) is 0 Å². The Balaban J connectivity index is 2.09. The van der Waals surface area contributed by atoms with Gasteiger partial charge in [-0.05, 0) is 31.2 Å². The number of fused-ring (bicyclic) bond motifs is 1. The Labute approximate surface area is 117 Å². The van der Waals surface area contributed by atoms with Crippen LogP contribution in [0.3, 0.4) is 0 Å². The van der Waals surface area contributed by atoms with Gasteiger partial charge in [0, 0.05) is 15.2 Å². The number of nitrogens with zero attached hydrogens (tertiary/aromatic N) is 2. The second kappa shape index (κ2) is 4.79. The van der Waals surface area contributed by atoms with Gasteiger partial charge >= 0.3 is 0 Å². The van der Waals surface area contributed by atoms with Crippen LogP contribution in [0.4, 0.5) is 10.3 Å². The summed E-state index contributed by atoms with van der Waals surface area (Å²) < 4.78 is 13.2. The molecule has 0 spiro atoms. The maximum atomic E-state index is 13.2. The Morgan fingerprint density at radius 3 is 2.89 bits per heavy atom. The lowest BCUT2D eigenvalue weighted by atomic mass is 10.3. The highest BCUT2D eigenvalue weighted by molar-refractivity contribution is 7.99. The third-order valence-corrected chi connectivity index (χ3v) is 4.45. The maximum Gasteiger partial charge on any atom is 0.222 e.